The van der Waals surface area contributed by atoms with Gasteiger partial charge in [0.25, 0.3) is 0 Å². The Morgan fingerprint density at radius 1 is 1.19 bits per heavy atom. The SMILES string of the molecule is CCOC(=O)c1ccccc1-c1oc2ccc(Cn3c(C)nc(C)c3C(=O)O)cc2c1Br. The predicted octanol–water partition coefficient (Wildman–Crippen LogP) is 5.60. The second-order valence-corrected chi connectivity index (χ2v) is 8.12. The van der Waals surface area contributed by atoms with Gasteiger partial charge in [0.2, 0.25) is 0 Å². The van der Waals surface area contributed by atoms with Crippen LogP contribution in [0.5, 0.6) is 0 Å². The molecule has 0 unspecified atom stereocenters. The van der Waals surface area contributed by atoms with Gasteiger partial charge in [-0.2, -0.15) is 0 Å². The van der Waals surface area contributed by atoms with Crippen LogP contribution in [0.3, 0.4) is 0 Å². The molecule has 0 saturated heterocycles. The number of hydrogen-bond donors (Lipinski definition) is 1. The zero-order chi connectivity index (χ0) is 23.0. The summed E-state index contributed by atoms with van der Waals surface area (Å²) < 4.78 is 13.7. The number of fused-ring (bicyclic) bond motifs is 1. The molecule has 0 aliphatic heterocycles. The highest BCUT2D eigenvalue weighted by molar-refractivity contribution is 9.10. The Labute approximate surface area is 192 Å². The van der Waals surface area contributed by atoms with Gasteiger partial charge in [-0.05, 0) is 60.5 Å². The molecule has 2 aromatic heterocycles. The number of aromatic nitrogens is 2. The van der Waals surface area contributed by atoms with Crippen molar-refractivity contribution in [1.82, 2.24) is 9.55 Å². The number of nitrogens with zero attached hydrogens (tertiary/aromatic N) is 2. The first-order chi connectivity index (χ1) is 15.3. The van der Waals surface area contributed by atoms with Gasteiger partial charge in [0.05, 0.1) is 22.3 Å². The van der Waals surface area contributed by atoms with Crippen molar-refractivity contribution in [2.24, 2.45) is 0 Å². The van der Waals surface area contributed by atoms with Gasteiger partial charge in [0.15, 0.2) is 5.69 Å². The summed E-state index contributed by atoms with van der Waals surface area (Å²) in [6, 6.07) is 12.8. The molecule has 0 atom stereocenters. The molecule has 2 aromatic carbocycles. The number of aromatic carboxylic acids is 1. The van der Waals surface area contributed by atoms with E-state index in [-0.39, 0.29) is 12.3 Å². The summed E-state index contributed by atoms with van der Waals surface area (Å²) in [5.74, 6) is -0.258. The molecule has 164 valence electrons. The highest BCUT2D eigenvalue weighted by atomic mass is 79.9. The van der Waals surface area contributed by atoms with Gasteiger partial charge in [0, 0.05) is 17.5 Å². The molecule has 7 nitrogen and oxygen atoms in total. The van der Waals surface area contributed by atoms with Crippen molar-refractivity contribution in [2.75, 3.05) is 6.61 Å². The molecule has 2 heterocycles. The summed E-state index contributed by atoms with van der Waals surface area (Å²) in [4.78, 5) is 28.4. The number of carbonyl (C=O) groups excluding carboxylic acids is 1. The molecule has 0 radical (unpaired) electrons. The largest absolute Gasteiger partial charge is 0.477 e. The van der Waals surface area contributed by atoms with Gasteiger partial charge in [-0.3, -0.25) is 0 Å². The first-order valence-electron chi connectivity index (χ1n) is 10.1. The van der Waals surface area contributed by atoms with Gasteiger partial charge in [-0.25, -0.2) is 14.6 Å². The van der Waals surface area contributed by atoms with E-state index in [0.717, 1.165) is 10.9 Å². The first-order valence-corrected chi connectivity index (χ1v) is 10.9. The van der Waals surface area contributed by atoms with Gasteiger partial charge in [-0.15, -0.1) is 0 Å². The molecule has 0 saturated carbocycles. The molecule has 0 amide bonds. The van der Waals surface area contributed by atoms with Crippen molar-refractivity contribution in [2.45, 2.75) is 27.3 Å². The topological polar surface area (TPSA) is 94.6 Å². The Bertz CT molecular complexity index is 1350. The quantitative estimate of drug-likeness (QED) is 0.349. The van der Waals surface area contributed by atoms with E-state index in [2.05, 4.69) is 20.9 Å². The van der Waals surface area contributed by atoms with Crippen molar-refractivity contribution < 1.29 is 23.8 Å². The zero-order valence-corrected chi connectivity index (χ0v) is 19.4. The molecular formula is C24H21BrN2O5. The van der Waals surface area contributed by atoms with Crippen molar-refractivity contribution in [1.29, 1.82) is 0 Å². The minimum Gasteiger partial charge on any atom is -0.477 e. The average Bonchev–Trinajstić information content (AvgIpc) is 3.23. The highest BCUT2D eigenvalue weighted by Crippen LogP contribution is 2.39. The molecule has 0 fully saturated rings. The van der Waals surface area contributed by atoms with Crippen molar-refractivity contribution in [3.8, 4) is 11.3 Å². The van der Waals surface area contributed by atoms with Crippen LogP contribution in [0.4, 0.5) is 0 Å². The van der Waals surface area contributed by atoms with Gasteiger partial charge in [-0.1, -0.05) is 24.3 Å². The number of carbonyl (C=O) groups is 2. The van der Waals surface area contributed by atoms with E-state index in [1.807, 2.05) is 30.3 Å². The van der Waals surface area contributed by atoms with Gasteiger partial charge < -0.3 is 18.8 Å². The minimum absolute atomic E-state index is 0.179. The summed E-state index contributed by atoms with van der Waals surface area (Å²) in [6.07, 6.45) is 0. The van der Waals surface area contributed by atoms with E-state index >= 15 is 0 Å². The molecule has 1 N–H and O–H groups in total. The lowest BCUT2D eigenvalue weighted by Crippen LogP contribution is -2.11. The third kappa shape index (κ3) is 3.82. The molecule has 0 aliphatic rings. The average molecular weight is 497 g/mol. The van der Waals surface area contributed by atoms with E-state index in [9.17, 15) is 14.7 Å². The van der Waals surface area contributed by atoms with Crippen LogP contribution in [0, 0.1) is 13.8 Å². The van der Waals surface area contributed by atoms with Crippen LogP contribution < -0.4 is 0 Å². The summed E-state index contributed by atoms with van der Waals surface area (Å²) >= 11 is 3.63. The van der Waals surface area contributed by atoms with Crippen LogP contribution in [-0.2, 0) is 11.3 Å². The third-order valence-corrected chi connectivity index (χ3v) is 6.02. The lowest BCUT2D eigenvalue weighted by molar-refractivity contribution is 0.0526. The van der Waals surface area contributed by atoms with Crippen LogP contribution in [0.2, 0.25) is 0 Å². The predicted molar refractivity (Wildman–Crippen MR) is 123 cm³/mol. The Morgan fingerprint density at radius 2 is 1.94 bits per heavy atom. The number of carboxylic acids is 1. The number of rotatable bonds is 6. The highest BCUT2D eigenvalue weighted by Gasteiger charge is 2.22. The monoisotopic (exact) mass is 496 g/mol. The molecule has 32 heavy (non-hydrogen) atoms. The Kier molecular flexibility index (Phi) is 5.88. The summed E-state index contributed by atoms with van der Waals surface area (Å²) in [5, 5.41) is 10.4. The molecule has 0 aliphatic carbocycles. The second-order valence-electron chi connectivity index (χ2n) is 7.33. The number of imidazole rings is 1. The molecule has 0 bridgehead atoms. The zero-order valence-electron chi connectivity index (χ0n) is 17.8. The van der Waals surface area contributed by atoms with E-state index in [4.69, 9.17) is 9.15 Å². The Balaban J connectivity index is 1.77. The number of halogens is 1. The Hall–Kier alpha value is -3.39. The number of furan rings is 1. The second kappa shape index (κ2) is 8.63. The van der Waals surface area contributed by atoms with E-state index in [0.29, 0.717) is 45.0 Å². The first kappa shape index (κ1) is 21.8. The van der Waals surface area contributed by atoms with Crippen LogP contribution in [0.25, 0.3) is 22.3 Å². The van der Waals surface area contributed by atoms with Crippen LogP contribution in [-0.4, -0.2) is 33.2 Å². The Morgan fingerprint density at radius 3 is 2.66 bits per heavy atom. The van der Waals surface area contributed by atoms with Crippen LogP contribution in [0.15, 0.2) is 51.4 Å². The number of ether oxygens (including phenoxy) is 1. The maximum absolute atomic E-state index is 12.4. The lowest BCUT2D eigenvalue weighted by atomic mass is 10.0. The fraction of sp³-hybridized carbons (Fsp3) is 0.208. The normalized spacial score (nSPS) is 11.1. The summed E-state index contributed by atoms with van der Waals surface area (Å²) in [7, 11) is 0. The molecule has 0 spiro atoms. The number of aryl methyl sites for hydroxylation is 2. The molecular weight excluding hydrogens is 476 g/mol. The number of esters is 1. The van der Waals surface area contributed by atoms with Crippen molar-refractivity contribution in [3.05, 3.63) is 75.3 Å². The molecule has 8 heteroatoms. The van der Waals surface area contributed by atoms with E-state index in [1.54, 1.807) is 37.5 Å². The summed E-state index contributed by atoms with van der Waals surface area (Å²) in [6.45, 7) is 5.88. The summed E-state index contributed by atoms with van der Waals surface area (Å²) in [5.41, 5.74) is 3.25. The fourth-order valence-electron chi connectivity index (χ4n) is 3.81. The third-order valence-electron chi connectivity index (χ3n) is 5.23. The number of hydrogen-bond acceptors (Lipinski definition) is 5. The standard InChI is InChI=1S/C24H21BrN2O5/c1-4-31-24(30)17-8-6-5-7-16(17)22-20(25)18-11-15(9-10-19(18)32-22)12-27-14(3)26-13(2)21(27)23(28)29/h5-11H,4,12H2,1-3H3,(H,28,29). The molecule has 4 rings (SSSR count). The maximum atomic E-state index is 12.4. The van der Waals surface area contributed by atoms with Gasteiger partial charge >= 0.3 is 11.9 Å². The van der Waals surface area contributed by atoms with E-state index < -0.39 is 11.9 Å². The number of carboxylic acid groups (broad SMARTS) is 1. The minimum atomic E-state index is -1.01. The molecule has 4 aromatic rings. The van der Waals surface area contributed by atoms with Crippen LogP contribution in [0.1, 0.15) is 44.9 Å². The van der Waals surface area contributed by atoms with E-state index in [1.165, 1.54) is 0 Å². The van der Waals surface area contributed by atoms with Gasteiger partial charge in [0.1, 0.15) is 17.2 Å². The number of benzene rings is 2. The van der Waals surface area contributed by atoms with Crippen LogP contribution >= 0.6 is 15.9 Å². The lowest BCUT2D eigenvalue weighted by Gasteiger charge is -2.08. The smallest absolute Gasteiger partial charge is 0.354 e. The van der Waals surface area contributed by atoms with Crippen molar-refractivity contribution in [3.63, 3.8) is 0 Å². The van der Waals surface area contributed by atoms with Crippen molar-refractivity contribution >= 4 is 38.8 Å². The fourth-order valence-corrected chi connectivity index (χ4v) is 4.42. The maximum Gasteiger partial charge on any atom is 0.354 e.